The van der Waals surface area contributed by atoms with Crippen molar-refractivity contribution in [3.05, 3.63) is 66.5 Å². The maximum absolute atomic E-state index is 13.0. The molecule has 1 spiro atoms. The molecular weight excluding hydrogens is 408 g/mol. The number of carbonyl (C=O) groups is 1. The quantitative estimate of drug-likeness (QED) is 0.655. The van der Waals surface area contributed by atoms with Gasteiger partial charge in [-0.15, -0.1) is 0 Å². The second-order valence-electron chi connectivity index (χ2n) is 8.11. The van der Waals surface area contributed by atoms with Crippen molar-refractivity contribution in [2.24, 2.45) is 0 Å². The van der Waals surface area contributed by atoms with Gasteiger partial charge in [0.2, 0.25) is 5.95 Å². The lowest BCUT2D eigenvalue weighted by molar-refractivity contribution is -0.167. The molecule has 1 fully saturated rings. The number of hydrogen-bond acceptors (Lipinski definition) is 7. The van der Waals surface area contributed by atoms with E-state index in [2.05, 4.69) is 29.7 Å². The number of nitrogens with one attached hydrogen (secondary N) is 1. The van der Waals surface area contributed by atoms with Crippen LogP contribution in [0.25, 0.3) is 0 Å². The summed E-state index contributed by atoms with van der Waals surface area (Å²) in [7, 11) is 1.63. The third-order valence-electron chi connectivity index (χ3n) is 6.18. The molecule has 2 aliphatic rings. The van der Waals surface area contributed by atoms with E-state index in [1.54, 1.807) is 25.7 Å². The number of fused-ring (bicyclic) bond motifs is 2. The summed E-state index contributed by atoms with van der Waals surface area (Å²) in [5, 5.41) is 3.02. The van der Waals surface area contributed by atoms with Crippen LogP contribution in [0.4, 0.5) is 5.95 Å². The maximum atomic E-state index is 13.0. The Balaban J connectivity index is 1.27. The Bertz CT molecular complexity index is 1060. The molecule has 166 valence electrons. The number of piperidine rings is 1. The average Bonchev–Trinajstić information content (AvgIpc) is 3.34. The van der Waals surface area contributed by atoms with Crippen molar-refractivity contribution in [3.63, 3.8) is 0 Å². The minimum Gasteiger partial charge on any atom is -0.497 e. The third kappa shape index (κ3) is 3.91. The van der Waals surface area contributed by atoms with E-state index >= 15 is 0 Å². The molecular formula is C23H26N6O3. The molecule has 0 radical (unpaired) electrons. The van der Waals surface area contributed by atoms with Gasteiger partial charge in [-0.2, -0.15) is 0 Å². The zero-order chi connectivity index (χ0) is 22.0. The number of anilines is 1. The molecule has 3 aromatic rings. The maximum Gasteiger partial charge on any atom is 0.251 e. The van der Waals surface area contributed by atoms with E-state index in [1.165, 1.54) is 0 Å². The minimum absolute atomic E-state index is 0.117. The predicted molar refractivity (Wildman–Crippen MR) is 117 cm³/mol. The number of nitrogens with zero attached hydrogens (tertiary/aromatic N) is 5. The Hall–Kier alpha value is -3.46. The number of aromatic nitrogens is 4. The molecule has 9 nitrogen and oxygen atoms in total. The fraction of sp³-hybridized carbons (Fsp3) is 0.391. The summed E-state index contributed by atoms with van der Waals surface area (Å²) in [4.78, 5) is 28.5. The van der Waals surface area contributed by atoms with Crippen LogP contribution < -0.4 is 15.0 Å². The number of hydrogen-bond donors (Lipinski definition) is 1. The lowest BCUT2D eigenvalue weighted by Gasteiger charge is -2.45. The first-order valence-electron chi connectivity index (χ1n) is 10.8. The van der Waals surface area contributed by atoms with Crippen molar-refractivity contribution in [2.45, 2.75) is 37.6 Å². The number of carbonyl (C=O) groups excluding carboxylic acids is 1. The SMILES string of the molecule is COc1ccc(CNC(=O)C2Cn3ccnc3C3(CCN(c4ncccn4)CC3)O2)cc1. The molecule has 1 saturated heterocycles. The van der Waals surface area contributed by atoms with Crippen molar-refractivity contribution in [1.29, 1.82) is 0 Å². The first-order valence-corrected chi connectivity index (χ1v) is 10.8. The van der Waals surface area contributed by atoms with Gasteiger partial charge in [-0.05, 0) is 23.8 Å². The van der Waals surface area contributed by atoms with Crippen molar-refractivity contribution in [2.75, 3.05) is 25.1 Å². The second kappa shape index (κ2) is 8.58. The van der Waals surface area contributed by atoms with Crippen molar-refractivity contribution >= 4 is 11.9 Å². The number of methoxy groups -OCH3 is 1. The Morgan fingerprint density at radius 3 is 2.62 bits per heavy atom. The monoisotopic (exact) mass is 434 g/mol. The molecule has 1 aromatic carbocycles. The van der Waals surface area contributed by atoms with E-state index in [0.29, 0.717) is 25.9 Å². The fourth-order valence-electron chi connectivity index (χ4n) is 4.44. The van der Waals surface area contributed by atoms with Gasteiger partial charge in [0.1, 0.15) is 17.2 Å². The van der Waals surface area contributed by atoms with Gasteiger partial charge in [0.15, 0.2) is 6.10 Å². The molecule has 2 aromatic heterocycles. The Labute approximate surface area is 186 Å². The van der Waals surface area contributed by atoms with Gasteiger partial charge in [-0.3, -0.25) is 4.79 Å². The number of benzene rings is 1. The Morgan fingerprint density at radius 2 is 1.91 bits per heavy atom. The highest BCUT2D eigenvalue weighted by atomic mass is 16.5. The highest BCUT2D eigenvalue weighted by Crippen LogP contribution is 2.40. The van der Waals surface area contributed by atoms with Gasteiger partial charge in [-0.25, -0.2) is 15.0 Å². The van der Waals surface area contributed by atoms with Gasteiger partial charge in [0.05, 0.1) is 13.7 Å². The highest BCUT2D eigenvalue weighted by Gasteiger charge is 2.47. The summed E-state index contributed by atoms with van der Waals surface area (Å²) in [6, 6.07) is 9.46. The van der Waals surface area contributed by atoms with E-state index in [0.717, 1.165) is 36.2 Å². The summed E-state index contributed by atoms with van der Waals surface area (Å²) in [6.45, 7) is 2.36. The van der Waals surface area contributed by atoms with Gasteiger partial charge in [-0.1, -0.05) is 12.1 Å². The number of imidazole rings is 1. The van der Waals surface area contributed by atoms with Crippen LogP contribution in [0.5, 0.6) is 5.75 Å². The lowest BCUT2D eigenvalue weighted by Crippen LogP contribution is -2.54. The van der Waals surface area contributed by atoms with E-state index in [9.17, 15) is 4.79 Å². The van der Waals surface area contributed by atoms with Crippen LogP contribution in [0.2, 0.25) is 0 Å². The largest absolute Gasteiger partial charge is 0.497 e. The summed E-state index contributed by atoms with van der Waals surface area (Å²) < 4.78 is 13.7. The Kier molecular flexibility index (Phi) is 5.48. The molecule has 1 atom stereocenters. The molecule has 2 aliphatic heterocycles. The summed E-state index contributed by atoms with van der Waals surface area (Å²) >= 11 is 0. The molecule has 0 aliphatic carbocycles. The van der Waals surface area contributed by atoms with Crippen LogP contribution >= 0.6 is 0 Å². The number of amides is 1. The van der Waals surface area contributed by atoms with Crippen molar-refractivity contribution in [3.8, 4) is 5.75 Å². The van der Waals surface area contributed by atoms with Gasteiger partial charge < -0.3 is 24.3 Å². The molecule has 0 saturated carbocycles. The minimum atomic E-state index is -0.588. The van der Waals surface area contributed by atoms with Crippen LogP contribution in [-0.2, 0) is 28.2 Å². The Morgan fingerprint density at radius 1 is 1.16 bits per heavy atom. The van der Waals surface area contributed by atoms with Gasteiger partial charge in [0.25, 0.3) is 5.91 Å². The first-order chi connectivity index (χ1) is 15.7. The molecule has 1 unspecified atom stereocenters. The second-order valence-corrected chi connectivity index (χ2v) is 8.11. The fourth-order valence-corrected chi connectivity index (χ4v) is 4.44. The van der Waals surface area contributed by atoms with Crippen molar-refractivity contribution in [1.82, 2.24) is 24.8 Å². The predicted octanol–water partition coefficient (Wildman–Crippen LogP) is 1.89. The number of ether oxygens (including phenoxy) is 2. The number of rotatable bonds is 5. The molecule has 1 amide bonds. The summed E-state index contributed by atoms with van der Waals surface area (Å²) in [5.41, 5.74) is 0.416. The van der Waals surface area contributed by atoms with Crippen LogP contribution in [0.3, 0.4) is 0 Å². The average molecular weight is 435 g/mol. The first kappa shape index (κ1) is 20.4. The summed E-state index contributed by atoms with van der Waals surface area (Å²) in [6.07, 6.45) is 8.06. The van der Waals surface area contributed by atoms with Crippen LogP contribution in [-0.4, -0.2) is 51.7 Å². The van der Waals surface area contributed by atoms with E-state index in [4.69, 9.17) is 9.47 Å². The van der Waals surface area contributed by atoms with E-state index < -0.39 is 11.7 Å². The highest BCUT2D eigenvalue weighted by molar-refractivity contribution is 5.81. The van der Waals surface area contributed by atoms with Crippen LogP contribution in [0.1, 0.15) is 24.2 Å². The van der Waals surface area contributed by atoms with E-state index in [1.807, 2.05) is 36.5 Å². The topological polar surface area (TPSA) is 94.4 Å². The standard InChI is InChI=1S/C23H26N6O3/c1-31-18-5-3-17(4-6-18)15-27-20(30)19-16-29-14-11-24-21(29)23(32-19)7-12-28(13-8-23)22-25-9-2-10-26-22/h2-6,9-11,14,19H,7-8,12-13,15-16H2,1H3,(H,27,30). The van der Waals surface area contributed by atoms with Crippen LogP contribution in [0.15, 0.2) is 55.1 Å². The molecule has 0 bridgehead atoms. The van der Waals surface area contributed by atoms with Gasteiger partial charge >= 0.3 is 0 Å². The molecule has 9 heteroatoms. The molecule has 5 rings (SSSR count). The smallest absolute Gasteiger partial charge is 0.251 e. The molecule has 1 N–H and O–H groups in total. The zero-order valence-electron chi connectivity index (χ0n) is 18.0. The van der Waals surface area contributed by atoms with E-state index in [-0.39, 0.29) is 5.91 Å². The third-order valence-corrected chi connectivity index (χ3v) is 6.18. The molecule has 32 heavy (non-hydrogen) atoms. The molecule has 4 heterocycles. The zero-order valence-corrected chi connectivity index (χ0v) is 18.0. The summed E-state index contributed by atoms with van der Waals surface area (Å²) in [5.74, 6) is 2.28. The normalized spacial score (nSPS) is 19.4. The van der Waals surface area contributed by atoms with Crippen molar-refractivity contribution < 1.29 is 14.3 Å². The lowest BCUT2D eigenvalue weighted by atomic mass is 9.88. The van der Waals surface area contributed by atoms with Crippen LogP contribution in [0, 0.1) is 0 Å². The van der Waals surface area contributed by atoms with Gasteiger partial charge in [0, 0.05) is 57.3 Å².